The number of fused-ring (bicyclic) bond motifs is 1. The Morgan fingerprint density at radius 1 is 1.27 bits per heavy atom. The smallest absolute Gasteiger partial charge is 0.317 e. The van der Waals surface area contributed by atoms with E-state index in [1.807, 2.05) is 42.3 Å². The molecule has 5 heteroatoms. The van der Waals surface area contributed by atoms with Crippen molar-refractivity contribution in [3.8, 4) is 6.07 Å². The van der Waals surface area contributed by atoms with E-state index in [1.165, 1.54) is 11.1 Å². The molecule has 1 aliphatic carbocycles. The van der Waals surface area contributed by atoms with Crippen LogP contribution in [0.5, 0.6) is 0 Å². The standard InChI is InChI=1S/C21H22N2O2.ClH/c1-23(14-20(24)25)21(16-5-3-2-4-6-16)19-10-9-17-11-15(13-22)7-8-18(17)12-19;/h2-8,11,19,21H,9-10,12,14H2,1H3,(H,24,25);1H. The van der Waals surface area contributed by atoms with Gasteiger partial charge in [0.15, 0.2) is 0 Å². The number of likely N-dealkylation sites (N-methyl/N-ethyl adjacent to an activating group) is 1. The first kappa shape index (κ1) is 20.0. The average Bonchev–Trinajstić information content (AvgIpc) is 2.61. The third-order valence-electron chi connectivity index (χ3n) is 5.05. The first-order chi connectivity index (χ1) is 12.1. The predicted molar refractivity (Wildman–Crippen MR) is 103 cm³/mol. The van der Waals surface area contributed by atoms with Crippen LogP contribution in [0.1, 0.15) is 34.7 Å². The quantitative estimate of drug-likeness (QED) is 0.868. The maximum Gasteiger partial charge on any atom is 0.317 e. The van der Waals surface area contributed by atoms with Crippen LogP contribution in [-0.4, -0.2) is 29.6 Å². The number of aryl methyl sites for hydroxylation is 1. The highest BCUT2D eigenvalue weighted by molar-refractivity contribution is 5.85. The monoisotopic (exact) mass is 370 g/mol. The van der Waals surface area contributed by atoms with Crippen molar-refractivity contribution in [1.82, 2.24) is 4.90 Å². The summed E-state index contributed by atoms with van der Waals surface area (Å²) in [5.74, 6) is -0.453. The van der Waals surface area contributed by atoms with Crippen LogP contribution in [0.15, 0.2) is 48.5 Å². The summed E-state index contributed by atoms with van der Waals surface area (Å²) in [5.41, 5.74) is 4.40. The van der Waals surface area contributed by atoms with E-state index < -0.39 is 5.97 Å². The van der Waals surface area contributed by atoms with Gasteiger partial charge in [0.25, 0.3) is 0 Å². The molecule has 2 aromatic rings. The van der Waals surface area contributed by atoms with Crippen molar-refractivity contribution in [3.05, 3.63) is 70.8 Å². The molecule has 0 bridgehead atoms. The van der Waals surface area contributed by atoms with E-state index in [0.29, 0.717) is 11.5 Å². The Morgan fingerprint density at radius 3 is 2.65 bits per heavy atom. The number of nitrogens with zero attached hydrogens (tertiary/aromatic N) is 2. The van der Waals surface area contributed by atoms with Gasteiger partial charge >= 0.3 is 5.97 Å². The summed E-state index contributed by atoms with van der Waals surface area (Å²) in [5, 5.41) is 18.3. The molecule has 1 N–H and O–H groups in total. The lowest BCUT2D eigenvalue weighted by Gasteiger charge is -2.37. The van der Waals surface area contributed by atoms with Crippen molar-refractivity contribution in [1.29, 1.82) is 5.26 Å². The molecule has 26 heavy (non-hydrogen) atoms. The molecule has 0 heterocycles. The van der Waals surface area contributed by atoms with Gasteiger partial charge in [0.05, 0.1) is 18.2 Å². The lowest BCUT2D eigenvalue weighted by atomic mass is 9.77. The summed E-state index contributed by atoms with van der Waals surface area (Å²) >= 11 is 0. The molecule has 0 amide bonds. The Labute approximate surface area is 160 Å². The van der Waals surface area contributed by atoms with Crippen LogP contribution in [0.2, 0.25) is 0 Å². The van der Waals surface area contributed by atoms with E-state index in [2.05, 4.69) is 24.3 Å². The van der Waals surface area contributed by atoms with Crippen molar-refractivity contribution < 1.29 is 9.90 Å². The topological polar surface area (TPSA) is 64.3 Å². The van der Waals surface area contributed by atoms with Gasteiger partial charge in [0.1, 0.15) is 0 Å². The average molecular weight is 371 g/mol. The minimum Gasteiger partial charge on any atom is -0.480 e. The van der Waals surface area contributed by atoms with Gasteiger partial charge in [0.2, 0.25) is 0 Å². The number of carbonyl (C=O) groups is 1. The molecule has 4 nitrogen and oxygen atoms in total. The van der Waals surface area contributed by atoms with E-state index in [9.17, 15) is 9.90 Å². The molecule has 0 aliphatic heterocycles. The summed E-state index contributed by atoms with van der Waals surface area (Å²) in [4.78, 5) is 13.2. The third-order valence-corrected chi connectivity index (χ3v) is 5.05. The minimum atomic E-state index is -0.807. The normalized spacial score (nSPS) is 16.9. The third kappa shape index (κ3) is 4.43. The van der Waals surface area contributed by atoms with Crippen molar-refractivity contribution in [3.63, 3.8) is 0 Å². The minimum absolute atomic E-state index is 0. The van der Waals surface area contributed by atoms with E-state index in [0.717, 1.165) is 24.8 Å². The van der Waals surface area contributed by atoms with Gasteiger partial charge in [-0.1, -0.05) is 36.4 Å². The van der Waals surface area contributed by atoms with Crippen LogP contribution >= 0.6 is 12.4 Å². The highest BCUT2D eigenvalue weighted by Crippen LogP contribution is 2.37. The van der Waals surface area contributed by atoms with E-state index in [-0.39, 0.29) is 25.0 Å². The zero-order valence-electron chi connectivity index (χ0n) is 14.8. The fourth-order valence-electron chi connectivity index (χ4n) is 3.97. The molecule has 0 saturated heterocycles. The highest BCUT2D eigenvalue weighted by atomic mass is 35.5. The van der Waals surface area contributed by atoms with E-state index >= 15 is 0 Å². The molecule has 0 radical (unpaired) electrons. The summed E-state index contributed by atoms with van der Waals surface area (Å²) in [7, 11) is 1.89. The van der Waals surface area contributed by atoms with Gasteiger partial charge in [-0.2, -0.15) is 5.26 Å². The molecule has 0 fully saturated rings. The fraction of sp³-hybridized carbons (Fsp3) is 0.333. The number of hydrogen-bond donors (Lipinski definition) is 1. The lowest BCUT2D eigenvalue weighted by Crippen LogP contribution is -2.36. The number of halogens is 1. The van der Waals surface area contributed by atoms with Crippen LogP contribution < -0.4 is 0 Å². The zero-order chi connectivity index (χ0) is 17.8. The van der Waals surface area contributed by atoms with Crippen LogP contribution in [0, 0.1) is 17.2 Å². The number of hydrogen-bond acceptors (Lipinski definition) is 3. The largest absolute Gasteiger partial charge is 0.480 e. The van der Waals surface area contributed by atoms with Crippen LogP contribution in [0.3, 0.4) is 0 Å². The first-order valence-corrected chi connectivity index (χ1v) is 8.57. The van der Waals surface area contributed by atoms with Gasteiger partial charge in [-0.05, 0) is 61.1 Å². The molecule has 3 rings (SSSR count). The second kappa shape index (κ2) is 8.84. The van der Waals surface area contributed by atoms with Crippen molar-refractivity contribution in [2.45, 2.75) is 25.3 Å². The maximum absolute atomic E-state index is 11.2. The van der Waals surface area contributed by atoms with Gasteiger partial charge in [0, 0.05) is 6.04 Å². The molecular formula is C21H23ClN2O2. The summed E-state index contributed by atoms with van der Waals surface area (Å²) in [6, 6.07) is 18.4. The van der Waals surface area contributed by atoms with E-state index in [4.69, 9.17) is 5.26 Å². The summed E-state index contributed by atoms with van der Waals surface area (Å²) < 4.78 is 0. The fourth-order valence-corrected chi connectivity index (χ4v) is 3.97. The second-order valence-electron chi connectivity index (χ2n) is 6.76. The molecular weight excluding hydrogens is 348 g/mol. The maximum atomic E-state index is 11.2. The Balaban J connectivity index is 0.00000243. The number of nitriles is 1. The Kier molecular flexibility index (Phi) is 6.79. The lowest BCUT2D eigenvalue weighted by molar-refractivity contribution is -0.138. The summed E-state index contributed by atoms with van der Waals surface area (Å²) in [6.45, 7) is 0.0241. The van der Waals surface area contributed by atoms with Crippen molar-refractivity contribution >= 4 is 18.4 Å². The van der Waals surface area contributed by atoms with Crippen molar-refractivity contribution in [2.75, 3.05) is 13.6 Å². The van der Waals surface area contributed by atoms with E-state index in [1.54, 1.807) is 0 Å². The number of carboxylic acid groups (broad SMARTS) is 1. The van der Waals surface area contributed by atoms with Gasteiger partial charge in [-0.15, -0.1) is 12.4 Å². The number of aliphatic carboxylic acids is 1. The summed E-state index contributed by atoms with van der Waals surface area (Å²) in [6.07, 6.45) is 2.83. The molecule has 2 unspecified atom stereocenters. The second-order valence-corrected chi connectivity index (χ2v) is 6.76. The molecule has 0 saturated carbocycles. The van der Waals surface area contributed by atoms with Crippen LogP contribution in [0.4, 0.5) is 0 Å². The highest BCUT2D eigenvalue weighted by Gasteiger charge is 2.31. The molecule has 2 atom stereocenters. The van der Waals surface area contributed by atoms with Crippen LogP contribution in [0.25, 0.3) is 0 Å². The first-order valence-electron chi connectivity index (χ1n) is 8.57. The van der Waals surface area contributed by atoms with Gasteiger partial charge in [-0.3, -0.25) is 9.69 Å². The SMILES string of the molecule is CN(CC(=O)O)C(c1ccccc1)C1CCc2cc(C#N)ccc2C1.Cl. The molecule has 0 aromatic heterocycles. The molecule has 136 valence electrons. The molecule has 1 aliphatic rings. The van der Waals surface area contributed by atoms with Gasteiger partial charge < -0.3 is 5.11 Å². The Hall–Kier alpha value is -2.35. The number of rotatable bonds is 5. The Bertz CT molecular complexity index is 801. The zero-order valence-corrected chi connectivity index (χ0v) is 15.6. The number of carboxylic acids is 1. The predicted octanol–water partition coefficient (Wildman–Crippen LogP) is 3.84. The molecule has 2 aromatic carbocycles. The van der Waals surface area contributed by atoms with Crippen molar-refractivity contribution in [2.24, 2.45) is 5.92 Å². The number of benzene rings is 2. The van der Waals surface area contributed by atoms with Crippen LogP contribution in [-0.2, 0) is 17.6 Å². The van der Waals surface area contributed by atoms with Gasteiger partial charge in [-0.25, -0.2) is 0 Å². The molecule has 0 spiro atoms. The Morgan fingerprint density at radius 2 is 2.00 bits per heavy atom.